The van der Waals surface area contributed by atoms with Crippen LogP contribution in [0.4, 0.5) is 0 Å². The molecule has 8 heteroatoms. The second-order valence-corrected chi connectivity index (χ2v) is 7.93. The van der Waals surface area contributed by atoms with Crippen LogP contribution in [0.3, 0.4) is 0 Å². The largest absolute Gasteiger partial charge is 0.373 e. The third-order valence-corrected chi connectivity index (χ3v) is 5.95. The van der Waals surface area contributed by atoms with Gasteiger partial charge in [-0.1, -0.05) is 0 Å². The number of nitrogens with one attached hydrogen (secondary N) is 1. The summed E-state index contributed by atoms with van der Waals surface area (Å²) in [5.41, 5.74) is 0. The van der Waals surface area contributed by atoms with E-state index in [0.717, 1.165) is 19.4 Å². The Labute approximate surface area is 134 Å². The Hall–Kier alpha value is 0.0800. The first-order valence-electron chi connectivity index (χ1n) is 7.48. The molecule has 0 radical (unpaired) electrons. The van der Waals surface area contributed by atoms with Crippen LogP contribution in [0, 0.1) is 5.92 Å². The smallest absolute Gasteiger partial charge is 0.282 e. The summed E-state index contributed by atoms with van der Waals surface area (Å²) in [5.74, 6) is 0.416. The van der Waals surface area contributed by atoms with E-state index in [-0.39, 0.29) is 24.6 Å². The Morgan fingerprint density at radius 2 is 1.76 bits per heavy atom. The number of ether oxygens (including phenoxy) is 1. The second-order valence-electron chi connectivity index (χ2n) is 6.01. The molecule has 0 aromatic heterocycles. The second kappa shape index (κ2) is 8.08. The number of hydrogen-bond acceptors (Lipinski definition) is 4. The van der Waals surface area contributed by atoms with Gasteiger partial charge in [0.25, 0.3) is 10.2 Å². The van der Waals surface area contributed by atoms with Gasteiger partial charge in [-0.15, -0.1) is 12.4 Å². The van der Waals surface area contributed by atoms with Crippen LogP contribution in [0.5, 0.6) is 0 Å². The number of nitrogens with zero attached hydrogens (tertiary/aromatic N) is 2. The Bertz CT molecular complexity index is 409. The summed E-state index contributed by atoms with van der Waals surface area (Å²) < 4.78 is 34.4. The van der Waals surface area contributed by atoms with E-state index in [0.29, 0.717) is 32.1 Å². The van der Waals surface area contributed by atoms with Crippen molar-refractivity contribution in [2.45, 2.75) is 38.9 Å². The number of hydrogen-bond donors (Lipinski definition) is 1. The third-order valence-electron chi connectivity index (χ3n) is 4.01. The predicted molar refractivity (Wildman–Crippen MR) is 86.0 cm³/mol. The van der Waals surface area contributed by atoms with E-state index in [4.69, 9.17) is 4.74 Å². The third kappa shape index (κ3) is 4.77. The van der Waals surface area contributed by atoms with Gasteiger partial charge in [-0.05, 0) is 46.2 Å². The van der Waals surface area contributed by atoms with E-state index in [1.807, 2.05) is 20.9 Å². The number of morpholine rings is 1. The number of halogens is 1. The fourth-order valence-electron chi connectivity index (χ4n) is 3.17. The van der Waals surface area contributed by atoms with E-state index >= 15 is 0 Å². The molecule has 0 spiro atoms. The normalized spacial score (nSPS) is 32.6. The maximum Gasteiger partial charge on any atom is 0.282 e. The fraction of sp³-hybridized carbons (Fsp3) is 1.00. The van der Waals surface area contributed by atoms with E-state index in [1.54, 1.807) is 8.61 Å². The minimum absolute atomic E-state index is 0. The molecule has 0 aromatic carbocycles. The SMILES string of the molecule is CNCC1CCCN(S(=O)(=O)N2CC(C)OC(C)C2)C1.Cl. The van der Waals surface area contributed by atoms with Crippen molar-refractivity contribution >= 4 is 22.6 Å². The molecule has 0 saturated carbocycles. The summed E-state index contributed by atoms with van der Waals surface area (Å²) in [7, 11) is -1.43. The molecular formula is C13H28ClN3O3S. The van der Waals surface area contributed by atoms with Gasteiger partial charge in [0.15, 0.2) is 0 Å². The zero-order valence-electron chi connectivity index (χ0n) is 13.1. The summed E-state index contributed by atoms with van der Waals surface area (Å²) >= 11 is 0. The average Bonchev–Trinajstić information content (AvgIpc) is 2.38. The van der Waals surface area contributed by atoms with Crippen molar-refractivity contribution in [2.75, 3.05) is 39.8 Å². The van der Waals surface area contributed by atoms with Crippen LogP contribution in [0.2, 0.25) is 0 Å². The highest BCUT2D eigenvalue weighted by Crippen LogP contribution is 2.23. The summed E-state index contributed by atoms with van der Waals surface area (Å²) in [6.45, 7) is 6.92. The minimum Gasteiger partial charge on any atom is -0.373 e. The van der Waals surface area contributed by atoms with Crippen LogP contribution in [0.15, 0.2) is 0 Å². The van der Waals surface area contributed by atoms with Crippen molar-refractivity contribution in [1.82, 2.24) is 13.9 Å². The first kappa shape index (κ1) is 19.1. The molecule has 2 heterocycles. The van der Waals surface area contributed by atoms with Gasteiger partial charge in [0, 0.05) is 26.2 Å². The highest BCUT2D eigenvalue weighted by molar-refractivity contribution is 7.86. The van der Waals surface area contributed by atoms with Crippen molar-refractivity contribution < 1.29 is 13.2 Å². The number of rotatable bonds is 4. The quantitative estimate of drug-likeness (QED) is 0.817. The zero-order valence-corrected chi connectivity index (χ0v) is 14.8. The first-order valence-corrected chi connectivity index (χ1v) is 8.88. The van der Waals surface area contributed by atoms with Crippen molar-refractivity contribution in [3.8, 4) is 0 Å². The molecule has 6 nitrogen and oxygen atoms in total. The van der Waals surface area contributed by atoms with Crippen molar-refractivity contribution in [3.05, 3.63) is 0 Å². The molecule has 3 unspecified atom stereocenters. The maximum absolute atomic E-state index is 12.8. The molecule has 3 atom stereocenters. The lowest BCUT2D eigenvalue weighted by Crippen LogP contribution is -2.55. The minimum atomic E-state index is -3.34. The highest BCUT2D eigenvalue weighted by Gasteiger charge is 2.37. The topological polar surface area (TPSA) is 61.9 Å². The van der Waals surface area contributed by atoms with E-state index in [1.165, 1.54) is 0 Å². The zero-order chi connectivity index (χ0) is 14.8. The van der Waals surface area contributed by atoms with Crippen LogP contribution >= 0.6 is 12.4 Å². The van der Waals surface area contributed by atoms with Gasteiger partial charge in [-0.3, -0.25) is 0 Å². The molecule has 2 aliphatic heterocycles. The Kier molecular flexibility index (Phi) is 7.36. The van der Waals surface area contributed by atoms with Crippen LogP contribution in [-0.2, 0) is 14.9 Å². The van der Waals surface area contributed by atoms with Gasteiger partial charge in [-0.25, -0.2) is 0 Å². The molecule has 0 amide bonds. The molecule has 0 bridgehead atoms. The van der Waals surface area contributed by atoms with E-state index < -0.39 is 10.2 Å². The average molecular weight is 342 g/mol. The predicted octanol–water partition coefficient (Wildman–Crippen LogP) is 0.694. The van der Waals surface area contributed by atoms with E-state index in [9.17, 15) is 8.42 Å². The van der Waals surface area contributed by atoms with Gasteiger partial charge in [0.1, 0.15) is 0 Å². The van der Waals surface area contributed by atoms with Crippen LogP contribution in [0.25, 0.3) is 0 Å². The Balaban J connectivity index is 0.00000220. The summed E-state index contributed by atoms with van der Waals surface area (Å²) in [6, 6.07) is 0. The van der Waals surface area contributed by atoms with Crippen LogP contribution < -0.4 is 5.32 Å². The van der Waals surface area contributed by atoms with Gasteiger partial charge in [-0.2, -0.15) is 17.0 Å². The molecule has 2 rings (SSSR count). The highest BCUT2D eigenvalue weighted by atomic mass is 35.5. The fourth-order valence-corrected chi connectivity index (χ4v) is 5.06. The van der Waals surface area contributed by atoms with Gasteiger partial charge >= 0.3 is 0 Å². The summed E-state index contributed by atoms with van der Waals surface area (Å²) in [4.78, 5) is 0. The molecule has 0 aromatic rings. The standard InChI is InChI=1S/C13H27N3O3S.ClH/c1-11-8-16(9-12(2)19-11)20(17,18)15-6-4-5-13(10-15)7-14-3;/h11-14H,4-10H2,1-3H3;1H. The van der Waals surface area contributed by atoms with Crippen molar-refractivity contribution in [2.24, 2.45) is 5.92 Å². The summed E-state index contributed by atoms with van der Waals surface area (Å²) in [6.07, 6.45) is 1.97. The molecule has 126 valence electrons. The molecular weight excluding hydrogens is 314 g/mol. The van der Waals surface area contributed by atoms with Crippen molar-refractivity contribution in [1.29, 1.82) is 0 Å². The molecule has 21 heavy (non-hydrogen) atoms. The number of piperidine rings is 1. The Morgan fingerprint density at radius 1 is 1.14 bits per heavy atom. The summed E-state index contributed by atoms with van der Waals surface area (Å²) in [5, 5.41) is 3.15. The maximum atomic E-state index is 12.8. The molecule has 0 aliphatic carbocycles. The molecule has 1 N–H and O–H groups in total. The lowest BCUT2D eigenvalue weighted by atomic mass is 10.00. The monoisotopic (exact) mass is 341 g/mol. The van der Waals surface area contributed by atoms with Crippen molar-refractivity contribution in [3.63, 3.8) is 0 Å². The Morgan fingerprint density at radius 3 is 2.33 bits per heavy atom. The van der Waals surface area contributed by atoms with E-state index in [2.05, 4.69) is 5.32 Å². The molecule has 2 aliphatic rings. The van der Waals surface area contributed by atoms with Crippen LogP contribution in [0.1, 0.15) is 26.7 Å². The lowest BCUT2D eigenvalue weighted by molar-refractivity contribution is -0.0457. The first-order chi connectivity index (χ1) is 9.43. The van der Waals surface area contributed by atoms with Gasteiger partial charge < -0.3 is 10.1 Å². The molecule has 2 saturated heterocycles. The lowest BCUT2D eigenvalue weighted by Gasteiger charge is -2.39. The van der Waals surface area contributed by atoms with Crippen LogP contribution in [-0.4, -0.2) is 69.0 Å². The molecule has 2 fully saturated rings. The van der Waals surface area contributed by atoms with Gasteiger partial charge in [0.2, 0.25) is 0 Å². The van der Waals surface area contributed by atoms with Gasteiger partial charge in [0.05, 0.1) is 12.2 Å².